The van der Waals surface area contributed by atoms with Crippen LogP contribution in [0.15, 0.2) is 72.8 Å². The average molecular weight is 373 g/mol. The Balaban J connectivity index is 1.54. The van der Waals surface area contributed by atoms with Crippen molar-refractivity contribution in [2.24, 2.45) is 0 Å². The number of fused-ring (bicyclic) bond motifs is 1. The fraction of sp³-hybridized carbons (Fsp3) is 0.0455. The number of pyridine rings is 1. The van der Waals surface area contributed by atoms with Crippen LogP contribution in [0.2, 0.25) is 0 Å². The summed E-state index contributed by atoms with van der Waals surface area (Å²) in [6.07, 6.45) is 4.91. The summed E-state index contributed by atoms with van der Waals surface area (Å²) in [6.45, 7) is 0. The van der Waals surface area contributed by atoms with Gasteiger partial charge in [0.1, 0.15) is 17.2 Å². The summed E-state index contributed by atoms with van der Waals surface area (Å²) in [5.41, 5.74) is 1.52. The number of Topliss-reactive ketones (excluding diaryl/α,β-unsaturated/α-hetero) is 1. The second kappa shape index (κ2) is 7.36. The van der Waals surface area contributed by atoms with Crippen LogP contribution in [0.4, 0.5) is 0 Å². The number of nitrogens with zero attached hydrogens (tertiary/aromatic N) is 1. The molecule has 0 radical (unpaired) electrons. The molecule has 0 aliphatic carbocycles. The lowest BCUT2D eigenvalue weighted by Gasteiger charge is -2.07. The number of allylic oxidation sites excluding steroid dienone is 1. The Kier molecular flexibility index (Phi) is 4.60. The van der Waals surface area contributed by atoms with Crippen LogP contribution >= 0.6 is 0 Å². The SMILES string of the molecule is COc1cccc(C(=O)Oc2ccc3c(c2)OC(=Cc2cccnc2)C3=O)c1. The molecule has 0 bridgehead atoms. The average Bonchev–Trinajstić information content (AvgIpc) is 3.03. The molecule has 0 fully saturated rings. The second-order valence-corrected chi connectivity index (χ2v) is 6.01. The lowest BCUT2D eigenvalue weighted by atomic mass is 10.1. The Hall–Kier alpha value is -3.93. The van der Waals surface area contributed by atoms with Gasteiger partial charge in [0.05, 0.1) is 18.2 Å². The Morgan fingerprint density at radius 3 is 2.75 bits per heavy atom. The van der Waals surface area contributed by atoms with Gasteiger partial charge in [-0.05, 0) is 48.0 Å². The molecule has 1 aliphatic rings. The van der Waals surface area contributed by atoms with Crippen molar-refractivity contribution >= 4 is 17.8 Å². The van der Waals surface area contributed by atoms with E-state index in [1.54, 1.807) is 60.9 Å². The van der Waals surface area contributed by atoms with Crippen molar-refractivity contribution in [2.75, 3.05) is 7.11 Å². The van der Waals surface area contributed by atoms with Crippen LogP contribution in [-0.2, 0) is 0 Å². The first kappa shape index (κ1) is 17.5. The maximum atomic E-state index is 12.5. The van der Waals surface area contributed by atoms with E-state index in [2.05, 4.69) is 4.98 Å². The number of methoxy groups -OCH3 is 1. The highest BCUT2D eigenvalue weighted by atomic mass is 16.5. The molecule has 0 N–H and O–H groups in total. The fourth-order valence-corrected chi connectivity index (χ4v) is 2.76. The minimum atomic E-state index is -0.533. The number of esters is 1. The third-order valence-corrected chi connectivity index (χ3v) is 4.14. The van der Waals surface area contributed by atoms with E-state index in [1.165, 1.54) is 13.2 Å². The third kappa shape index (κ3) is 3.48. The first-order valence-electron chi connectivity index (χ1n) is 8.48. The molecule has 0 amide bonds. The molecule has 2 heterocycles. The van der Waals surface area contributed by atoms with E-state index in [0.29, 0.717) is 22.6 Å². The molecule has 0 unspecified atom stereocenters. The van der Waals surface area contributed by atoms with Gasteiger partial charge in [0.2, 0.25) is 5.78 Å². The van der Waals surface area contributed by atoms with Gasteiger partial charge in [-0.2, -0.15) is 0 Å². The first-order valence-corrected chi connectivity index (χ1v) is 8.48. The van der Waals surface area contributed by atoms with Crippen molar-refractivity contribution in [2.45, 2.75) is 0 Å². The highest BCUT2D eigenvalue weighted by Crippen LogP contribution is 2.35. The van der Waals surface area contributed by atoms with Crippen LogP contribution in [0, 0.1) is 0 Å². The summed E-state index contributed by atoms with van der Waals surface area (Å²) >= 11 is 0. The maximum absolute atomic E-state index is 12.5. The Morgan fingerprint density at radius 1 is 1.07 bits per heavy atom. The summed E-state index contributed by atoms with van der Waals surface area (Å²) in [4.78, 5) is 28.9. The van der Waals surface area contributed by atoms with Crippen LogP contribution in [0.5, 0.6) is 17.2 Å². The van der Waals surface area contributed by atoms with E-state index in [-0.39, 0.29) is 17.3 Å². The quantitative estimate of drug-likeness (QED) is 0.392. The van der Waals surface area contributed by atoms with Crippen LogP contribution in [-0.4, -0.2) is 23.8 Å². The van der Waals surface area contributed by atoms with Crippen molar-refractivity contribution in [1.29, 1.82) is 0 Å². The van der Waals surface area contributed by atoms with Gasteiger partial charge in [0.25, 0.3) is 0 Å². The molecule has 138 valence electrons. The summed E-state index contributed by atoms with van der Waals surface area (Å²) < 4.78 is 16.2. The smallest absolute Gasteiger partial charge is 0.343 e. The summed E-state index contributed by atoms with van der Waals surface area (Å²) in [7, 11) is 1.52. The predicted octanol–water partition coefficient (Wildman–Crippen LogP) is 3.93. The highest BCUT2D eigenvalue weighted by molar-refractivity contribution is 6.14. The number of carbonyl (C=O) groups is 2. The van der Waals surface area contributed by atoms with E-state index in [9.17, 15) is 9.59 Å². The summed E-state index contributed by atoms with van der Waals surface area (Å²) in [5, 5.41) is 0. The van der Waals surface area contributed by atoms with Gasteiger partial charge in [-0.3, -0.25) is 9.78 Å². The Bertz CT molecular complexity index is 1090. The zero-order chi connectivity index (χ0) is 19.5. The number of ketones is 1. The van der Waals surface area contributed by atoms with Gasteiger partial charge >= 0.3 is 5.97 Å². The molecular weight excluding hydrogens is 358 g/mol. The van der Waals surface area contributed by atoms with Crippen LogP contribution in [0.3, 0.4) is 0 Å². The lowest BCUT2D eigenvalue weighted by Crippen LogP contribution is -2.08. The van der Waals surface area contributed by atoms with Gasteiger partial charge < -0.3 is 14.2 Å². The lowest BCUT2D eigenvalue weighted by molar-refractivity contribution is 0.0734. The normalized spacial score (nSPS) is 13.8. The largest absolute Gasteiger partial charge is 0.497 e. The van der Waals surface area contributed by atoms with E-state index in [0.717, 1.165) is 5.56 Å². The monoisotopic (exact) mass is 373 g/mol. The Labute approximate surface area is 161 Å². The second-order valence-electron chi connectivity index (χ2n) is 6.01. The van der Waals surface area contributed by atoms with Crippen molar-refractivity contribution < 1.29 is 23.8 Å². The molecule has 6 nitrogen and oxygen atoms in total. The van der Waals surface area contributed by atoms with E-state index in [1.807, 2.05) is 6.07 Å². The van der Waals surface area contributed by atoms with Crippen LogP contribution in [0.1, 0.15) is 26.3 Å². The molecule has 0 spiro atoms. The molecule has 0 atom stereocenters. The number of aromatic nitrogens is 1. The molecular formula is C22H15NO5. The van der Waals surface area contributed by atoms with E-state index >= 15 is 0 Å². The Morgan fingerprint density at radius 2 is 1.96 bits per heavy atom. The third-order valence-electron chi connectivity index (χ3n) is 4.14. The van der Waals surface area contributed by atoms with Crippen molar-refractivity contribution in [1.82, 2.24) is 4.98 Å². The van der Waals surface area contributed by atoms with Gasteiger partial charge in [-0.15, -0.1) is 0 Å². The predicted molar refractivity (Wildman–Crippen MR) is 102 cm³/mol. The van der Waals surface area contributed by atoms with Gasteiger partial charge in [-0.25, -0.2) is 4.79 Å². The molecule has 28 heavy (non-hydrogen) atoms. The first-order chi connectivity index (χ1) is 13.6. The molecule has 0 saturated heterocycles. The number of ether oxygens (including phenoxy) is 3. The highest BCUT2D eigenvalue weighted by Gasteiger charge is 2.28. The van der Waals surface area contributed by atoms with Gasteiger partial charge in [0.15, 0.2) is 5.76 Å². The fourth-order valence-electron chi connectivity index (χ4n) is 2.76. The molecule has 4 rings (SSSR count). The minimum absolute atomic E-state index is 0.194. The van der Waals surface area contributed by atoms with E-state index < -0.39 is 5.97 Å². The number of hydrogen-bond donors (Lipinski definition) is 0. The van der Waals surface area contributed by atoms with Gasteiger partial charge in [-0.1, -0.05) is 12.1 Å². The number of benzene rings is 2. The topological polar surface area (TPSA) is 74.7 Å². The summed E-state index contributed by atoms with van der Waals surface area (Å²) in [5.74, 6) is 0.610. The number of hydrogen-bond acceptors (Lipinski definition) is 6. The van der Waals surface area contributed by atoms with Crippen LogP contribution < -0.4 is 14.2 Å². The van der Waals surface area contributed by atoms with Crippen molar-refractivity contribution in [3.05, 3.63) is 89.4 Å². The molecule has 1 aromatic heterocycles. The van der Waals surface area contributed by atoms with E-state index in [4.69, 9.17) is 14.2 Å². The van der Waals surface area contributed by atoms with Crippen molar-refractivity contribution in [3.8, 4) is 17.2 Å². The number of carbonyl (C=O) groups excluding carboxylic acids is 2. The van der Waals surface area contributed by atoms with Gasteiger partial charge in [0, 0.05) is 18.5 Å². The zero-order valence-corrected chi connectivity index (χ0v) is 14.9. The van der Waals surface area contributed by atoms with Crippen molar-refractivity contribution in [3.63, 3.8) is 0 Å². The summed E-state index contributed by atoms with van der Waals surface area (Å²) in [6, 6.07) is 14.9. The maximum Gasteiger partial charge on any atom is 0.343 e. The number of rotatable bonds is 4. The molecule has 1 aliphatic heterocycles. The zero-order valence-electron chi connectivity index (χ0n) is 14.9. The molecule has 2 aromatic carbocycles. The standard InChI is InChI=1S/C22H15NO5/c1-26-16-6-2-5-15(11-16)22(25)27-17-7-8-18-19(12-17)28-20(21(18)24)10-14-4-3-9-23-13-14/h2-13H,1H3. The minimum Gasteiger partial charge on any atom is -0.497 e. The molecule has 3 aromatic rings. The molecule has 0 saturated carbocycles. The van der Waals surface area contributed by atoms with Crippen LogP contribution in [0.25, 0.3) is 6.08 Å². The molecule has 6 heteroatoms.